The molecule has 0 spiro atoms. The Labute approximate surface area is 157 Å². The predicted octanol–water partition coefficient (Wildman–Crippen LogP) is 3.50. The van der Waals surface area contributed by atoms with Gasteiger partial charge in [0.2, 0.25) is 18.5 Å². The quantitative estimate of drug-likeness (QED) is 0.633. The smallest absolute Gasteiger partial charge is 0.241 e. The number of ether oxygens (including phenoxy) is 3. The van der Waals surface area contributed by atoms with Crippen LogP contribution in [-0.2, 0) is 13.1 Å². The van der Waals surface area contributed by atoms with Crippen molar-refractivity contribution in [3.8, 4) is 28.6 Å². The first kappa shape index (κ1) is 17.4. The highest BCUT2D eigenvalue weighted by molar-refractivity contribution is 5.55. The zero-order valence-electron chi connectivity index (χ0n) is 15.3. The summed E-state index contributed by atoms with van der Waals surface area (Å²) in [5, 5.41) is 4.08. The molecule has 3 aromatic rings. The Hall–Kier alpha value is -3.06. The Morgan fingerprint density at radius 2 is 1.85 bits per heavy atom. The number of aromatic nitrogens is 2. The Kier molecular flexibility index (Phi) is 4.93. The van der Waals surface area contributed by atoms with Gasteiger partial charge in [-0.2, -0.15) is 4.98 Å². The lowest BCUT2D eigenvalue weighted by Gasteiger charge is -2.14. The highest BCUT2D eigenvalue weighted by Crippen LogP contribution is 2.32. The standard InChI is InChI=1S/C20H21N3O4/c1-3-24-16-7-5-15(6-8-16)20-21-19(27-22-20)12-23(2)11-14-4-9-17-18(10-14)26-13-25-17/h4-10H,3,11-13H2,1-2H3. The van der Waals surface area contributed by atoms with Gasteiger partial charge in [-0.05, 0) is 55.9 Å². The lowest BCUT2D eigenvalue weighted by molar-refractivity contribution is 0.174. The lowest BCUT2D eigenvalue weighted by atomic mass is 10.2. The summed E-state index contributed by atoms with van der Waals surface area (Å²) in [5.41, 5.74) is 2.03. The molecule has 0 saturated carbocycles. The van der Waals surface area contributed by atoms with Gasteiger partial charge in [-0.25, -0.2) is 0 Å². The van der Waals surface area contributed by atoms with Gasteiger partial charge in [0.25, 0.3) is 0 Å². The fourth-order valence-corrected chi connectivity index (χ4v) is 2.94. The normalized spacial score (nSPS) is 12.6. The van der Waals surface area contributed by atoms with E-state index in [1.807, 2.05) is 56.4 Å². The predicted molar refractivity (Wildman–Crippen MR) is 98.6 cm³/mol. The molecule has 7 nitrogen and oxygen atoms in total. The second-order valence-electron chi connectivity index (χ2n) is 6.33. The van der Waals surface area contributed by atoms with E-state index < -0.39 is 0 Å². The summed E-state index contributed by atoms with van der Waals surface area (Å²) >= 11 is 0. The van der Waals surface area contributed by atoms with Crippen LogP contribution in [0.4, 0.5) is 0 Å². The number of hydrogen-bond donors (Lipinski definition) is 0. The van der Waals surface area contributed by atoms with Crippen LogP contribution in [0, 0.1) is 0 Å². The van der Waals surface area contributed by atoms with Gasteiger partial charge >= 0.3 is 0 Å². The first-order valence-electron chi connectivity index (χ1n) is 8.84. The molecule has 0 radical (unpaired) electrons. The summed E-state index contributed by atoms with van der Waals surface area (Å²) in [6, 6.07) is 13.6. The van der Waals surface area contributed by atoms with Gasteiger partial charge < -0.3 is 18.7 Å². The molecule has 0 atom stereocenters. The highest BCUT2D eigenvalue weighted by Gasteiger charge is 2.15. The van der Waals surface area contributed by atoms with Gasteiger partial charge in [0, 0.05) is 12.1 Å². The fourth-order valence-electron chi connectivity index (χ4n) is 2.94. The summed E-state index contributed by atoms with van der Waals surface area (Å²) in [6.07, 6.45) is 0. The average molecular weight is 367 g/mol. The molecule has 140 valence electrons. The Balaban J connectivity index is 1.38. The molecule has 1 aromatic heterocycles. The van der Waals surface area contributed by atoms with E-state index in [9.17, 15) is 0 Å². The minimum atomic E-state index is 0.283. The van der Waals surface area contributed by atoms with Crippen molar-refractivity contribution >= 4 is 0 Å². The molecule has 4 rings (SSSR count). The van der Waals surface area contributed by atoms with Gasteiger partial charge in [0.15, 0.2) is 11.5 Å². The van der Waals surface area contributed by atoms with Gasteiger partial charge in [0.05, 0.1) is 13.2 Å². The zero-order valence-corrected chi connectivity index (χ0v) is 15.3. The van der Waals surface area contributed by atoms with Crippen LogP contribution in [0.3, 0.4) is 0 Å². The van der Waals surface area contributed by atoms with Gasteiger partial charge in [-0.15, -0.1) is 0 Å². The molecule has 0 fully saturated rings. The molecule has 0 bridgehead atoms. The number of rotatable bonds is 7. The second kappa shape index (κ2) is 7.67. The Bertz CT molecular complexity index is 908. The first-order chi connectivity index (χ1) is 13.2. The van der Waals surface area contributed by atoms with Gasteiger partial charge in [-0.3, -0.25) is 4.90 Å². The van der Waals surface area contributed by atoms with Crippen molar-refractivity contribution in [3.63, 3.8) is 0 Å². The molecule has 1 aliphatic heterocycles. The van der Waals surface area contributed by atoms with E-state index in [-0.39, 0.29) is 6.79 Å². The third-order valence-corrected chi connectivity index (χ3v) is 4.19. The van der Waals surface area contributed by atoms with E-state index >= 15 is 0 Å². The SMILES string of the molecule is CCOc1ccc(-c2noc(CN(C)Cc3ccc4c(c3)OCO4)n2)cc1. The third-order valence-electron chi connectivity index (χ3n) is 4.19. The van der Waals surface area contributed by atoms with Crippen molar-refractivity contribution in [3.05, 3.63) is 53.9 Å². The van der Waals surface area contributed by atoms with Crippen molar-refractivity contribution in [1.29, 1.82) is 0 Å². The van der Waals surface area contributed by atoms with Crippen molar-refractivity contribution < 1.29 is 18.7 Å². The van der Waals surface area contributed by atoms with Crippen LogP contribution >= 0.6 is 0 Å². The van der Waals surface area contributed by atoms with Crippen LogP contribution in [0.25, 0.3) is 11.4 Å². The summed E-state index contributed by atoms with van der Waals surface area (Å²) in [7, 11) is 2.01. The van der Waals surface area contributed by atoms with Crippen molar-refractivity contribution in [2.75, 3.05) is 20.4 Å². The average Bonchev–Trinajstić information content (AvgIpc) is 3.31. The molecule has 0 aliphatic carbocycles. The van der Waals surface area contributed by atoms with Crippen molar-refractivity contribution in [1.82, 2.24) is 15.0 Å². The van der Waals surface area contributed by atoms with Crippen LogP contribution in [0.2, 0.25) is 0 Å². The van der Waals surface area contributed by atoms with E-state index in [1.54, 1.807) is 0 Å². The van der Waals surface area contributed by atoms with Crippen molar-refractivity contribution in [2.45, 2.75) is 20.0 Å². The molecule has 0 N–H and O–H groups in total. The fraction of sp³-hybridized carbons (Fsp3) is 0.300. The maximum Gasteiger partial charge on any atom is 0.241 e. The van der Waals surface area contributed by atoms with E-state index in [1.165, 1.54) is 0 Å². The molecule has 2 heterocycles. The minimum Gasteiger partial charge on any atom is -0.494 e. The number of nitrogens with zero attached hydrogens (tertiary/aromatic N) is 3. The number of benzene rings is 2. The number of fused-ring (bicyclic) bond motifs is 1. The monoisotopic (exact) mass is 367 g/mol. The number of hydrogen-bond acceptors (Lipinski definition) is 7. The van der Waals surface area contributed by atoms with Crippen LogP contribution in [0.15, 0.2) is 47.0 Å². The van der Waals surface area contributed by atoms with Crippen LogP contribution < -0.4 is 14.2 Å². The van der Waals surface area contributed by atoms with Crippen molar-refractivity contribution in [2.24, 2.45) is 0 Å². The second-order valence-corrected chi connectivity index (χ2v) is 6.33. The van der Waals surface area contributed by atoms with Gasteiger partial charge in [-0.1, -0.05) is 11.2 Å². The topological polar surface area (TPSA) is 69.9 Å². The minimum absolute atomic E-state index is 0.283. The Morgan fingerprint density at radius 1 is 1.04 bits per heavy atom. The van der Waals surface area contributed by atoms with E-state index in [4.69, 9.17) is 18.7 Å². The molecule has 7 heteroatoms. The molecular formula is C20H21N3O4. The molecule has 27 heavy (non-hydrogen) atoms. The van der Waals surface area contributed by atoms with Crippen LogP contribution in [0.1, 0.15) is 18.4 Å². The molecular weight excluding hydrogens is 346 g/mol. The molecule has 0 unspecified atom stereocenters. The summed E-state index contributed by atoms with van der Waals surface area (Å²) < 4.78 is 21.6. The van der Waals surface area contributed by atoms with E-state index in [0.29, 0.717) is 24.9 Å². The summed E-state index contributed by atoms with van der Waals surface area (Å²) in [5.74, 6) is 3.55. The van der Waals surface area contributed by atoms with E-state index in [0.717, 1.165) is 34.9 Å². The molecule has 2 aromatic carbocycles. The lowest BCUT2D eigenvalue weighted by Crippen LogP contribution is -2.17. The summed E-state index contributed by atoms with van der Waals surface area (Å²) in [6.45, 7) is 4.17. The first-order valence-corrected chi connectivity index (χ1v) is 8.84. The maximum absolute atomic E-state index is 5.45. The Morgan fingerprint density at radius 3 is 2.67 bits per heavy atom. The highest BCUT2D eigenvalue weighted by atomic mass is 16.7. The van der Waals surface area contributed by atoms with Crippen LogP contribution in [-0.4, -0.2) is 35.5 Å². The third kappa shape index (κ3) is 4.03. The molecule has 0 saturated heterocycles. The van der Waals surface area contributed by atoms with E-state index in [2.05, 4.69) is 15.0 Å². The zero-order chi connectivity index (χ0) is 18.6. The van der Waals surface area contributed by atoms with Gasteiger partial charge in [0.1, 0.15) is 5.75 Å². The molecule has 1 aliphatic rings. The van der Waals surface area contributed by atoms with Crippen LogP contribution in [0.5, 0.6) is 17.2 Å². The maximum atomic E-state index is 5.45. The largest absolute Gasteiger partial charge is 0.494 e. The molecule has 0 amide bonds. The summed E-state index contributed by atoms with van der Waals surface area (Å²) in [4.78, 5) is 6.59.